The largest absolute Gasteiger partial charge is 0.329 e. The maximum absolute atomic E-state index is 12.3. The zero-order chi connectivity index (χ0) is 12.6. The zero-order valence-electron chi connectivity index (χ0n) is 10.1. The highest BCUT2D eigenvalue weighted by atomic mass is 32.2. The van der Waals surface area contributed by atoms with Crippen molar-refractivity contribution in [2.45, 2.75) is 43.5 Å². The highest BCUT2D eigenvalue weighted by Crippen LogP contribution is 2.25. The number of nitrogens with two attached hydrogens (primary N) is 1. The first-order chi connectivity index (χ1) is 7.24. The minimum atomic E-state index is -3.45. The molecule has 0 atom stereocenters. The van der Waals surface area contributed by atoms with Crippen LogP contribution in [-0.4, -0.2) is 29.5 Å². The molecule has 0 aliphatic rings. The Kier molecular flexibility index (Phi) is 3.44. The number of hydrogen-bond donors (Lipinski definition) is 1. The lowest BCUT2D eigenvalue weighted by Gasteiger charge is -2.23. The molecule has 0 aliphatic carbocycles. The molecule has 0 spiro atoms. The fourth-order valence-corrected chi connectivity index (χ4v) is 2.83. The van der Waals surface area contributed by atoms with Gasteiger partial charge in [-0.15, -0.1) is 0 Å². The Balaban J connectivity index is 3.34. The fraction of sp³-hybridized carbons (Fsp3) is 0.700. The summed E-state index contributed by atoms with van der Waals surface area (Å²) in [6.07, 6.45) is 1.50. The van der Waals surface area contributed by atoms with Crippen LogP contribution in [0.25, 0.3) is 0 Å². The van der Waals surface area contributed by atoms with Crippen molar-refractivity contribution in [2.75, 3.05) is 6.54 Å². The topological polar surface area (TPSA) is 78.0 Å². The Morgan fingerprint density at radius 2 is 2.06 bits per heavy atom. The highest BCUT2D eigenvalue weighted by Gasteiger charge is 2.37. The second kappa shape index (κ2) is 4.18. The van der Waals surface area contributed by atoms with Crippen molar-refractivity contribution in [1.29, 1.82) is 0 Å². The Labute approximate surface area is 96.6 Å². The van der Waals surface area contributed by atoms with Crippen LogP contribution in [0.1, 0.15) is 33.7 Å². The average molecular weight is 245 g/mol. The molecule has 0 aromatic carbocycles. The van der Waals surface area contributed by atoms with E-state index in [4.69, 9.17) is 5.73 Å². The van der Waals surface area contributed by atoms with Gasteiger partial charge in [-0.1, -0.05) is 0 Å². The van der Waals surface area contributed by atoms with Crippen molar-refractivity contribution >= 4 is 9.84 Å². The third-order valence-electron chi connectivity index (χ3n) is 2.62. The van der Waals surface area contributed by atoms with E-state index in [0.717, 1.165) is 0 Å². The van der Waals surface area contributed by atoms with Gasteiger partial charge in [-0.3, -0.25) is 4.68 Å². The number of sulfone groups is 1. The van der Waals surface area contributed by atoms with Gasteiger partial charge in [-0.05, 0) is 33.8 Å². The van der Waals surface area contributed by atoms with Crippen LogP contribution in [0.5, 0.6) is 0 Å². The Morgan fingerprint density at radius 1 is 1.50 bits per heavy atom. The Morgan fingerprint density at radius 3 is 2.50 bits per heavy atom. The van der Waals surface area contributed by atoms with Crippen LogP contribution in [0.15, 0.2) is 17.3 Å². The van der Waals surface area contributed by atoms with Gasteiger partial charge < -0.3 is 5.73 Å². The molecule has 2 N–H and O–H groups in total. The molecule has 0 aliphatic heterocycles. The lowest BCUT2D eigenvalue weighted by molar-refractivity contribution is 0.469. The van der Waals surface area contributed by atoms with Crippen molar-refractivity contribution in [3.63, 3.8) is 0 Å². The third kappa shape index (κ3) is 1.99. The molecule has 1 aromatic rings. The summed E-state index contributed by atoms with van der Waals surface area (Å²) >= 11 is 0. The fourth-order valence-electron chi connectivity index (χ4n) is 1.30. The molecule has 0 bridgehead atoms. The number of hydrogen-bond acceptors (Lipinski definition) is 4. The molecule has 0 fully saturated rings. The summed E-state index contributed by atoms with van der Waals surface area (Å²) in [7, 11) is -3.45. The van der Waals surface area contributed by atoms with Gasteiger partial charge in [-0.2, -0.15) is 5.10 Å². The van der Waals surface area contributed by atoms with Crippen LogP contribution < -0.4 is 5.73 Å². The lowest BCUT2D eigenvalue weighted by Crippen LogP contribution is -2.40. The molecule has 0 saturated heterocycles. The number of rotatable bonds is 4. The van der Waals surface area contributed by atoms with E-state index in [1.807, 2.05) is 13.8 Å². The van der Waals surface area contributed by atoms with E-state index in [0.29, 0.717) is 0 Å². The second-order valence-corrected chi connectivity index (χ2v) is 7.21. The first kappa shape index (κ1) is 13.2. The molecule has 0 radical (unpaired) electrons. The molecule has 1 heterocycles. The molecule has 5 nitrogen and oxygen atoms in total. The minimum Gasteiger partial charge on any atom is -0.329 e. The molecular weight excluding hydrogens is 226 g/mol. The molecular formula is C10H19N3O2S. The van der Waals surface area contributed by atoms with E-state index >= 15 is 0 Å². The summed E-state index contributed by atoms with van der Waals surface area (Å²) < 4.78 is 25.2. The van der Waals surface area contributed by atoms with Crippen LogP contribution in [0.3, 0.4) is 0 Å². The summed E-state index contributed by atoms with van der Waals surface area (Å²) in [5, 5.41) is 4.26. The van der Waals surface area contributed by atoms with Crippen LogP contribution in [0, 0.1) is 0 Å². The van der Waals surface area contributed by atoms with Gasteiger partial charge in [0.05, 0.1) is 10.9 Å². The smallest absolute Gasteiger partial charge is 0.201 e. The van der Waals surface area contributed by atoms with Gasteiger partial charge in [0.25, 0.3) is 0 Å². The number of nitrogens with zero attached hydrogens (tertiary/aromatic N) is 2. The Bertz CT molecular complexity index is 460. The third-order valence-corrected chi connectivity index (χ3v) is 5.11. The molecule has 0 amide bonds. The molecule has 1 aromatic heterocycles. The predicted octanol–water partition coefficient (Wildman–Crippen LogP) is 0.975. The maximum atomic E-state index is 12.3. The average Bonchev–Trinajstić information content (AvgIpc) is 2.66. The van der Waals surface area contributed by atoms with E-state index in [2.05, 4.69) is 5.10 Å². The highest BCUT2D eigenvalue weighted by molar-refractivity contribution is 7.92. The van der Waals surface area contributed by atoms with Crippen LogP contribution in [0.4, 0.5) is 0 Å². The molecule has 0 saturated carbocycles. The van der Waals surface area contributed by atoms with Gasteiger partial charge in [0.1, 0.15) is 0 Å². The van der Waals surface area contributed by atoms with Crippen LogP contribution in [-0.2, 0) is 9.84 Å². The van der Waals surface area contributed by atoms with Gasteiger partial charge in [0.15, 0.2) is 5.03 Å². The quantitative estimate of drug-likeness (QED) is 0.857. The van der Waals surface area contributed by atoms with Crippen LogP contribution in [0.2, 0.25) is 0 Å². The van der Waals surface area contributed by atoms with E-state index in [-0.39, 0.29) is 17.6 Å². The standard InChI is InChI=1S/C10H19N3O2S/c1-8(2)13-9(5-6-12-13)16(14,15)10(3,4)7-11/h5-6,8H,7,11H2,1-4H3. The van der Waals surface area contributed by atoms with Gasteiger partial charge in [0.2, 0.25) is 9.84 Å². The van der Waals surface area contributed by atoms with Crippen molar-refractivity contribution in [1.82, 2.24) is 9.78 Å². The monoisotopic (exact) mass is 245 g/mol. The van der Waals surface area contributed by atoms with E-state index in [1.165, 1.54) is 16.9 Å². The SMILES string of the molecule is CC(C)n1nccc1S(=O)(=O)C(C)(C)CN. The summed E-state index contributed by atoms with van der Waals surface area (Å²) in [6, 6.07) is 1.53. The van der Waals surface area contributed by atoms with Crippen molar-refractivity contribution in [3.05, 3.63) is 12.3 Å². The first-order valence-electron chi connectivity index (χ1n) is 5.22. The summed E-state index contributed by atoms with van der Waals surface area (Å²) in [6.45, 7) is 7.11. The van der Waals surface area contributed by atoms with Gasteiger partial charge in [0, 0.05) is 12.6 Å². The minimum absolute atomic E-state index is 0.00773. The summed E-state index contributed by atoms with van der Waals surface area (Å²) in [5.74, 6) is 0. The van der Waals surface area contributed by atoms with E-state index in [9.17, 15) is 8.42 Å². The first-order valence-corrected chi connectivity index (χ1v) is 6.70. The van der Waals surface area contributed by atoms with Crippen molar-refractivity contribution in [2.24, 2.45) is 5.73 Å². The summed E-state index contributed by atoms with van der Waals surface area (Å²) in [5.41, 5.74) is 5.52. The van der Waals surface area contributed by atoms with Crippen LogP contribution >= 0.6 is 0 Å². The van der Waals surface area contributed by atoms with Gasteiger partial charge >= 0.3 is 0 Å². The molecule has 16 heavy (non-hydrogen) atoms. The zero-order valence-corrected chi connectivity index (χ0v) is 11.0. The van der Waals surface area contributed by atoms with E-state index < -0.39 is 14.6 Å². The van der Waals surface area contributed by atoms with E-state index in [1.54, 1.807) is 13.8 Å². The lowest BCUT2D eigenvalue weighted by atomic mass is 10.2. The maximum Gasteiger partial charge on any atom is 0.201 e. The molecule has 92 valence electrons. The number of aromatic nitrogens is 2. The van der Waals surface area contributed by atoms with Gasteiger partial charge in [-0.25, -0.2) is 8.42 Å². The second-order valence-electron chi connectivity index (χ2n) is 4.68. The molecule has 6 heteroatoms. The molecule has 1 rings (SSSR count). The van der Waals surface area contributed by atoms with Crippen molar-refractivity contribution < 1.29 is 8.42 Å². The Hall–Kier alpha value is -0.880. The predicted molar refractivity (Wildman–Crippen MR) is 62.9 cm³/mol. The summed E-state index contributed by atoms with van der Waals surface area (Å²) in [4.78, 5) is 0. The normalized spacial score (nSPS) is 13.4. The van der Waals surface area contributed by atoms with Crippen molar-refractivity contribution in [3.8, 4) is 0 Å². The molecule has 0 unspecified atom stereocenters.